The van der Waals surface area contributed by atoms with Crippen molar-refractivity contribution in [1.29, 1.82) is 0 Å². The lowest BCUT2D eigenvalue weighted by molar-refractivity contribution is 0.137. The molecule has 1 atom stereocenters. The molecule has 126 valence electrons. The third kappa shape index (κ3) is 2.88. The number of para-hydroxylation sites is 3. The van der Waals surface area contributed by atoms with Crippen LogP contribution in [0, 0.1) is 0 Å². The number of rotatable bonds is 5. The minimum atomic E-state index is -0.577. The van der Waals surface area contributed by atoms with Crippen molar-refractivity contribution in [3.05, 3.63) is 66.6 Å². The molecular weight excluding hydrogens is 316 g/mol. The zero-order valence-electron chi connectivity index (χ0n) is 13.5. The Morgan fingerprint density at radius 2 is 1.72 bits per heavy atom. The van der Waals surface area contributed by atoms with Gasteiger partial charge in [0, 0.05) is 22.7 Å². The molecule has 0 fully saturated rings. The maximum absolute atomic E-state index is 10.6. The Bertz CT molecular complexity index is 1050. The van der Waals surface area contributed by atoms with E-state index in [9.17, 15) is 5.11 Å². The van der Waals surface area contributed by atoms with E-state index in [1.165, 1.54) is 6.21 Å². The molecule has 0 unspecified atom stereocenters. The summed E-state index contributed by atoms with van der Waals surface area (Å²) in [6.07, 6.45) is 4.48. The number of hydrogen-bond acceptors (Lipinski definition) is 4. The molecule has 0 bridgehead atoms. The molecule has 6 nitrogen and oxygen atoms in total. The fraction of sp³-hybridized carbons (Fsp3) is 0.158. The number of aromatic nitrogens is 3. The summed E-state index contributed by atoms with van der Waals surface area (Å²) in [5.74, 6) is 0. The Kier molecular flexibility index (Phi) is 3.95. The maximum Gasteiger partial charge on any atom is 0.0959 e. The van der Waals surface area contributed by atoms with Crippen LogP contribution in [0.4, 0.5) is 0 Å². The molecule has 0 aliphatic heterocycles. The van der Waals surface area contributed by atoms with E-state index in [4.69, 9.17) is 5.21 Å². The van der Waals surface area contributed by atoms with E-state index in [0.29, 0.717) is 13.1 Å². The van der Waals surface area contributed by atoms with Crippen LogP contribution < -0.4 is 0 Å². The van der Waals surface area contributed by atoms with Gasteiger partial charge in [-0.2, -0.15) is 0 Å². The van der Waals surface area contributed by atoms with Gasteiger partial charge in [0.1, 0.15) is 0 Å². The molecule has 0 aliphatic carbocycles. The molecule has 2 heterocycles. The Morgan fingerprint density at radius 1 is 1.00 bits per heavy atom. The van der Waals surface area contributed by atoms with E-state index in [1.54, 1.807) is 6.33 Å². The molecule has 4 aromatic rings. The van der Waals surface area contributed by atoms with Crippen LogP contribution in [0.1, 0.15) is 5.56 Å². The molecular formula is C19H18N4O2. The van der Waals surface area contributed by atoms with Crippen molar-refractivity contribution in [2.75, 3.05) is 0 Å². The van der Waals surface area contributed by atoms with Crippen molar-refractivity contribution in [2.45, 2.75) is 19.2 Å². The monoisotopic (exact) mass is 334 g/mol. The van der Waals surface area contributed by atoms with Gasteiger partial charge in [0.25, 0.3) is 0 Å². The maximum atomic E-state index is 10.6. The van der Waals surface area contributed by atoms with Gasteiger partial charge in [-0.25, -0.2) is 4.98 Å². The number of nitrogens with zero attached hydrogens (tertiary/aromatic N) is 4. The number of fused-ring (bicyclic) bond motifs is 2. The van der Waals surface area contributed by atoms with Gasteiger partial charge in [0.15, 0.2) is 0 Å². The summed E-state index contributed by atoms with van der Waals surface area (Å²) in [5.41, 5.74) is 3.74. The normalized spacial score (nSPS) is 13.2. The summed E-state index contributed by atoms with van der Waals surface area (Å²) >= 11 is 0. The Morgan fingerprint density at radius 3 is 2.56 bits per heavy atom. The number of aliphatic hydroxyl groups excluding tert-OH is 1. The fourth-order valence-electron chi connectivity index (χ4n) is 3.26. The molecule has 2 aromatic heterocycles. The number of imidazole rings is 1. The number of aliphatic hydroxyl groups is 1. The van der Waals surface area contributed by atoms with Crippen LogP contribution in [0.5, 0.6) is 0 Å². The van der Waals surface area contributed by atoms with Crippen LogP contribution in [0.2, 0.25) is 0 Å². The van der Waals surface area contributed by atoms with Crippen molar-refractivity contribution in [3.63, 3.8) is 0 Å². The standard InChI is InChI=1S/C19H18N4O2/c24-15(12-23-13-20-17-6-2-4-8-19(17)23)11-22-10-14(9-21-25)16-5-1-3-7-18(16)22/h1-10,13,15,24-25H,11-12H2/b21-9-/t15-/m0/s1. The first-order valence-corrected chi connectivity index (χ1v) is 8.09. The third-order valence-corrected chi connectivity index (χ3v) is 4.36. The lowest BCUT2D eigenvalue weighted by atomic mass is 10.2. The molecule has 2 N–H and O–H groups in total. The second-order valence-corrected chi connectivity index (χ2v) is 6.04. The first-order chi connectivity index (χ1) is 12.3. The fourth-order valence-corrected chi connectivity index (χ4v) is 3.26. The van der Waals surface area contributed by atoms with Crippen molar-refractivity contribution < 1.29 is 10.3 Å². The molecule has 4 rings (SSSR count). The van der Waals surface area contributed by atoms with Gasteiger partial charge in [0.05, 0.1) is 42.8 Å². The van der Waals surface area contributed by atoms with Gasteiger partial charge < -0.3 is 19.4 Å². The van der Waals surface area contributed by atoms with E-state index in [0.717, 1.165) is 27.5 Å². The predicted molar refractivity (Wildman–Crippen MR) is 97.1 cm³/mol. The Labute approximate surface area is 144 Å². The van der Waals surface area contributed by atoms with E-state index in [1.807, 2.05) is 63.9 Å². The minimum absolute atomic E-state index is 0.437. The van der Waals surface area contributed by atoms with Crippen LogP contribution in [-0.2, 0) is 13.1 Å². The highest BCUT2D eigenvalue weighted by Gasteiger charge is 2.12. The number of benzene rings is 2. The second-order valence-electron chi connectivity index (χ2n) is 6.04. The average Bonchev–Trinajstić information content (AvgIpc) is 3.18. The quantitative estimate of drug-likeness (QED) is 0.335. The largest absolute Gasteiger partial charge is 0.411 e. The van der Waals surface area contributed by atoms with Crippen LogP contribution in [0.25, 0.3) is 21.9 Å². The molecule has 0 saturated heterocycles. The molecule has 0 aliphatic rings. The lowest BCUT2D eigenvalue weighted by Crippen LogP contribution is -2.21. The second kappa shape index (κ2) is 6.41. The Balaban J connectivity index is 1.60. The van der Waals surface area contributed by atoms with Gasteiger partial charge in [-0.05, 0) is 18.2 Å². The van der Waals surface area contributed by atoms with Crippen LogP contribution in [0.3, 0.4) is 0 Å². The molecule has 2 aromatic carbocycles. The van der Waals surface area contributed by atoms with Crippen molar-refractivity contribution in [2.24, 2.45) is 5.16 Å². The highest BCUT2D eigenvalue weighted by atomic mass is 16.4. The molecule has 25 heavy (non-hydrogen) atoms. The van der Waals surface area contributed by atoms with Gasteiger partial charge in [0.2, 0.25) is 0 Å². The van der Waals surface area contributed by atoms with Gasteiger partial charge in [-0.1, -0.05) is 35.5 Å². The zero-order valence-corrected chi connectivity index (χ0v) is 13.5. The predicted octanol–water partition coefficient (Wildman–Crippen LogP) is 2.86. The molecule has 0 saturated carbocycles. The van der Waals surface area contributed by atoms with Crippen molar-refractivity contribution in [1.82, 2.24) is 14.1 Å². The summed E-state index contributed by atoms with van der Waals surface area (Å²) in [6, 6.07) is 15.7. The minimum Gasteiger partial charge on any atom is -0.411 e. The van der Waals surface area contributed by atoms with Crippen molar-refractivity contribution in [3.8, 4) is 0 Å². The van der Waals surface area contributed by atoms with E-state index in [2.05, 4.69) is 10.1 Å². The first kappa shape index (κ1) is 15.4. The average molecular weight is 334 g/mol. The lowest BCUT2D eigenvalue weighted by Gasteiger charge is -2.14. The number of oxime groups is 1. The number of hydrogen-bond donors (Lipinski definition) is 2. The molecule has 6 heteroatoms. The van der Waals surface area contributed by atoms with E-state index in [-0.39, 0.29) is 0 Å². The highest BCUT2D eigenvalue weighted by Crippen LogP contribution is 2.21. The summed E-state index contributed by atoms with van der Waals surface area (Å²) in [6.45, 7) is 0.892. The van der Waals surface area contributed by atoms with Gasteiger partial charge >= 0.3 is 0 Å². The van der Waals surface area contributed by atoms with Crippen LogP contribution in [0.15, 0.2) is 66.2 Å². The smallest absolute Gasteiger partial charge is 0.0959 e. The van der Waals surface area contributed by atoms with Gasteiger partial charge in [-0.3, -0.25) is 0 Å². The van der Waals surface area contributed by atoms with E-state index < -0.39 is 6.10 Å². The molecule has 0 amide bonds. The summed E-state index contributed by atoms with van der Waals surface area (Å²) in [7, 11) is 0. The van der Waals surface area contributed by atoms with Crippen LogP contribution in [-0.4, -0.2) is 36.8 Å². The highest BCUT2D eigenvalue weighted by molar-refractivity contribution is 5.99. The zero-order chi connectivity index (χ0) is 17.2. The molecule has 0 spiro atoms. The van der Waals surface area contributed by atoms with Crippen LogP contribution >= 0.6 is 0 Å². The first-order valence-electron chi connectivity index (χ1n) is 8.09. The third-order valence-electron chi connectivity index (χ3n) is 4.36. The van der Waals surface area contributed by atoms with E-state index >= 15 is 0 Å². The Hall–Kier alpha value is -3.12. The topological polar surface area (TPSA) is 75.6 Å². The summed E-state index contributed by atoms with van der Waals surface area (Å²) < 4.78 is 3.94. The SMILES string of the molecule is O/N=C\c1cn(C[C@H](O)Cn2cnc3ccccc32)c2ccccc12. The summed E-state index contributed by atoms with van der Waals surface area (Å²) in [5, 5.41) is 23.5. The van der Waals surface area contributed by atoms with Gasteiger partial charge in [-0.15, -0.1) is 0 Å². The van der Waals surface area contributed by atoms with Crippen molar-refractivity contribution >= 4 is 28.2 Å². The molecule has 0 radical (unpaired) electrons. The summed E-state index contributed by atoms with van der Waals surface area (Å²) in [4.78, 5) is 4.36.